The second kappa shape index (κ2) is 10.7. The Morgan fingerprint density at radius 2 is 1.06 bits per heavy atom. The standard InChI is InChI=1S/C24H32N2O6/c1-23(2,15-21(27)28)25-17-9-5-7-11-19(17)31-13-14-32-20-12-8-6-10-18(20)26-24(3,4)16-22(29)30/h5-12,25-26H,13-16H2,1-4H3,(H,27,28)(H,29,30). The number of nitrogens with one attached hydrogen (secondary N) is 2. The predicted octanol–water partition coefficient (Wildman–Crippen LogP) is 4.47. The number of para-hydroxylation sites is 4. The molecule has 0 aliphatic carbocycles. The van der Waals surface area contributed by atoms with E-state index >= 15 is 0 Å². The van der Waals surface area contributed by atoms with E-state index in [4.69, 9.17) is 19.7 Å². The van der Waals surface area contributed by atoms with E-state index in [1.807, 2.05) is 76.2 Å². The highest BCUT2D eigenvalue weighted by molar-refractivity contribution is 5.70. The number of hydrogen-bond acceptors (Lipinski definition) is 6. The van der Waals surface area contributed by atoms with Crippen LogP contribution in [0.3, 0.4) is 0 Å². The molecule has 0 spiro atoms. The molecular weight excluding hydrogens is 412 g/mol. The van der Waals surface area contributed by atoms with Gasteiger partial charge in [-0.25, -0.2) is 0 Å². The molecule has 0 fully saturated rings. The summed E-state index contributed by atoms with van der Waals surface area (Å²) in [5.74, 6) is -0.562. The Hall–Kier alpha value is -3.42. The molecule has 0 atom stereocenters. The summed E-state index contributed by atoms with van der Waals surface area (Å²) < 4.78 is 11.7. The molecule has 0 unspecified atom stereocenters. The molecule has 0 amide bonds. The van der Waals surface area contributed by atoms with Gasteiger partial charge in [0.15, 0.2) is 0 Å². The van der Waals surface area contributed by atoms with Crippen LogP contribution in [0.2, 0.25) is 0 Å². The molecule has 32 heavy (non-hydrogen) atoms. The van der Waals surface area contributed by atoms with Crippen LogP contribution in [0.4, 0.5) is 11.4 Å². The van der Waals surface area contributed by atoms with Crippen molar-refractivity contribution in [3.05, 3.63) is 48.5 Å². The van der Waals surface area contributed by atoms with Gasteiger partial charge in [-0.05, 0) is 52.0 Å². The number of benzene rings is 2. The fourth-order valence-corrected chi connectivity index (χ4v) is 3.27. The summed E-state index contributed by atoms with van der Waals surface area (Å²) in [6, 6.07) is 14.7. The van der Waals surface area contributed by atoms with Gasteiger partial charge in [-0.2, -0.15) is 0 Å². The maximum Gasteiger partial charge on any atom is 0.305 e. The summed E-state index contributed by atoms with van der Waals surface area (Å²) in [6.07, 6.45) is -0.0705. The van der Waals surface area contributed by atoms with Gasteiger partial charge in [0, 0.05) is 11.1 Å². The summed E-state index contributed by atoms with van der Waals surface area (Å²) >= 11 is 0. The molecule has 0 radical (unpaired) electrons. The molecule has 174 valence electrons. The third-order valence-electron chi connectivity index (χ3n) is 4.51. The Bertz CT molecular complexity index is 851. The minimum atomic E-state index is -0.881. The summed E-state index contributed by atoms with van der Waals surface area (Å²) in [7, 11) is 0. The van der Waals surface area contributed by atoms with Crippen molar-refractivity contribution in [3.63, 3.8) is 0 Å². The van der Waals surface area contributed by atoms with E-state index < -0.39 is 23.0 Å². The van der Waals surface area contributed by atoms with Crippen LogP contribution in [0.1, 0.15) is 40.5 Å². The highest BCUT2D eigenvalue weighted by Gasteiger charge is 2.23. The van der Waals surface area contributed by atoms with E-state index in [0.29, 0.717) is 22.9 Å². The van der Waals surface area contributed by atoms with Gasteiger partial charge >= 0.3 is 11.9 Å². The third-order valence-corrected chi connectivity index (χ3v) is 4.51. The Balaban J connectivity index is 1.96. The molecule has 0 bridgehead atoms. The Labute approximate surface area is 188 Å². The Kier molecular flexibility index (Phi) is 8.34. The number of ether oxygens (including phenoxy) is 2. The normalized spacial score (nSPS) is 11.5. The van der Waals surface area contributed by atoms with E-state index in [1.165, 1.54) is 0 Å². The number of aliphatic carboxylic acids is 2. The number of carbonyl (C=O) groups is 2. The molecule has 2 aromatic carbocycles. The van der Waals surface area contributed by atoms with Crippen molar-refractivity contribution < 1.29 is 29.3 Å². The fraction of sp³-hybridized carbons (Fsp3) is 0.417. The monoisotopic (exact) mass is 444 g/mol. The highest BCUT2D eigenvalue weighted by atomic mass is 16.5. The van der Waals surface area contributed by atoms with Crippen LogP contribution in [-0.4, -0.2) is 46.4 Å². The molecule has 2 aromatic rings. The largest absolute Gasteiger partial charge is 0.488 e. The molecule has 8 heteroatoms. The first-order valence-electron chi connectivity index (χ1n) is 10.4. The molecule has 0 aromatic heterocycles. The van der Waals surface area contributed by atoms with Gasteiger partial charge in [0.1, 0.15) is 24.7 Å². The van der Waals surface area contributed by atoms with E-state index in [9.17, 15) is 9.59 Å². The van der Waals surface area contributed by atoms with Crippen molar-refractivity contribution in [2.45, 2.75) is 51.6 Å². The second-order valence-electron chi connectivity index (χ2n) is 8.85. The van der Waals surface area contributed by atoms with Crippen molar-refractivity contribution in [3.8, 4) is 11.5 Å². The van der Waals surface area contributed by atoms with Crippen molar-refractivity contribution in [1.82, 2.24) is 0 Å². The maximum absolute atomic E-state index is 11.1. The zero-order chi connectivity index (χ0) is 23.8. The zero-order valence-electron chi connectivity index (χ0n) is 19.0. The van der Waals surface area contributed by atoms with E-state index in [1.54, 1.807) is 0 Å². The average molecular weight is 445 g/mol. The lowest BCUT2D eigenvalue weighted by atomic mass is 10.0. The number of hydrogen-bond donors (Lipinski definition) is 4. The van der Waals surface area contributed by atoms with Crippen LogP contribution in [0.5, 0.6) is 11.5 Å². The average Bonchev–Trinajstić information content (AvgIpc) is 2.65. The quantitative estimate of drug-likeness (QED) is 0.334. The smallest absolute Gasteiger partial charge is 0.305 e. The van der Waals surface area contributed by atoms with Gasteiger partial charge in [-0.15, -0.1) is 0 Å². The van der Waals surface area contributed by atoms with Gasteiger partial charge in [0.2, 0.25) is 0 Å². The lowest BCUT2D eigenvalue weighted by Crippen LogP contribution is -2.34. The van der Waals surface area contributed by atoms with Crippen LogP contribution in [-0.2, 0) is 9.59 Å². The van der Waals surface area contributed by atoms with Crippen LogP contribution in [0, 0.1) is 0 Å². The summed E-state index contributed by atoms with van der Waals surface area (Å²) in [5, 5.41) is 24.6. The number of carboxylic acids is 2. The Morgan fingerprint density at radius 1 is 0.719 bits per heavy atom. The molecule has 8 nitrogen and oxygen atoms in total. The highest BCUT2D eigenvalue weighted by Crippen LogP contribution is 2.30. The minimum absolute atomic E-state index is 0.0353. The third kappa shape index (κ3) is 8.37. The van der Waals surface area contributed by atoms with Crippen LogP contribution in [0.25, 0.3) is 0 Å². The lowest BCUT2D eigenvalue weighted by molar-refractivity contribution is -0.139. The molecule has 0 aliphatic heterocycles. The van der Waals surface area contributed by atoms with Crippen LogP contribution in [0.15, 0.2) is 48.5 Å². The van der Waals surface area contributed by atoms with E-state index in [2.05, 4.69) is 10.6 Å². The molecular formula is C24H32N2O6. The second-order valence-corrected chi connectivity index (χ2v) is 8.85. The molecule has 2 rings (SSSR count). The first kappa shape index (κ1) is 24.8. The molecule has 0 saturated carbocycles. The lowest BCUT2D eigenvalue weighted by Gasteiger charge is -2.27. The first-order valence-corrected chi connectivity index (χ1v) is 10.4. The van der Waals surface area contributed by atoms with Crippen molar-refractivity contribution in [2.24, 2.45) is 0 Å². The maximum atomic E-state index is 11.1. The molecule has 4 N–H and O–H groups in total. The minimum Gasteiger partial charge on any atom is -0.488 e. The predicted molar refractivity (Wildman–Crippen MR) is 124 cm³/mol. The van der Waals surface area contributed by atoms with E-state index in [0.717, 1.165) is 0 Å². The van der Waals surface area contributed by atoms with Crippen molar-refractivity contribution in [2.75, 3.05) is 23.8 Å². The van der Waals surface area contributed by atoms with Crippen molar-refractivity contribution >= 4 is 23.3 Å². The van der Waals surface area contributed by atoms with Gasteiger partial charge in [0.25, 0.3) is 0 Å². The molecule has 0 aliphatic rings. The molecule has 0 saturated heterocycles. The SMILES string of the molecule is CC(C)(CC(=O)O)Nc1ccccc1OCCOc1ccccc1NC(C)(C)CC(=O)O. The summed E-state index contributed by atoms with van der Waals surface area (Å²) in [6.45, 7) is 7.80. The first-order chi connectivity index (χ1) is 15.0. The van der Waals surface area contributed by atoms with Crippen LogP contribution >= 0.6 is 0 Å². The summed E-state index contributed by atoms with van der Waals surface area (Å²) in [4.78, 5) is 22.2. The fourth-order valence-electron chi connectivity index (χ4n) is 3.27. The van der Waals surface area contributed by atoms with Gasteiger partial charge in [0.05, 0.1) is 24.2 Å². The van der Waals surface area contributed by atoms with Crippen molar-refractivity contribution in [1.29, 1.82) is 0 Å². The number of carboxylic acid groups (broad SMARTS) is 2. The number of rotatable bonds is 13. The van der Waals surface area contributed by atoms with Gasteiger partial charge in [-0.3, -0.25) is 9.59 Å². The summed E-state index contributed by atoms with van der Waals surface area (Å²) in [5.41, 5.74) is 0.122. The van der Waals surface area contributed by atoms with Gasteiger partial charge < -0.3 is 30.3 Å². The zero-order valence-corrected chi connectivity index (χ0v) is 19.0. The van der Waals surface area contributed by atoms with Gasteiger partial charge in [-0.1, -0.05) is 24.3 Å². The number of anilines is 2. The topological polar surface area (TPSA) is 117 Å². The van der Waals surface area contributed by atoms with Crippen LogP contribution < -0.4 is 20.1 Å². The van der Waals surface area contributed by atoms with E-state index in [-0.39, 0.29) is 26.1 Å². The Morgan fingerprint density at radius 3 is 1.41 bits per heavy atom. The molecule has 0 heterocycles.